The minimum Gasteiger partial charge on any atom is -0.261 e. The van der Waals surface area contributed by atoms with Gasteiger partial charge >= 0.3 is 0 Å². The Kier molecular flexibility index (Phi) is 2.17. The molecule has 1 aromatic heterocycles. The Bertz CT molecular complexity index is 215. The predicted octanol–water partition coefficient (Wildman–Crippen LogP) is 2.28. The molecular weight excluding hydrogens is 148 g/mol. The van der Waals surface area contributed by atoms with E-state index in [4.69, 9.17) is 0 Å². The van der Waals surface area contributed by atoms with Gasteiger partial charge in [-0.25, -0.2) is 8.78 Å². The van der Waals surface area contributed by atoms with E-state index in [-0.39, 0.29) is 6.42 Å². The van der Waals surface area contributed by atoms with Crippen molar-refractivity contribution in [1.29, 1.82) is 0 Å². The van der Waals surface area contributed by atoms with Crippen molar-refractivity contribution in [3.8, 4) is 0 Å². The van der Waals surface area contributed by atoms with Crippen LogP contribution in [0.25, 0.3) is 0 Å². The zero-order valence-corrected chi connectivity index (χ0v) is 6.22. The van der Waals surface area contributed by atoms with Crippen LogP contribution >= 0.6 is 0 Å². The van der Waals surface area contributed by atoms with Crippen LogP contribution in [0.3, 0.4) is 0 Å². The lowest BCUT2D eigenvalue weighted by molar-refractivity contribution is 0.0216. The largest absolute Gasteiger partial charge is 0.261 e. The molecule has 1 aromatic rings. The summed E-state index contributed by atoms with van der Waals surface area (Å²) in [5, 5.41) is 0. The topological polar surface area (TPSA) is 12.9 Å². The summed E-state index contributed by atoms with van der Waals surface area (Å²) in [5.41, 5.74) is 0.431. The molecule has 0 bridgehead atoms. The van der Waals surface area contributed by atoms with Crippen molar-refractivity contribution in [3.05, 3.63) is 30.1 Å². The first-order valence-corrected chi connectivity index (χ1v) is 3.36. The first kappa shape index (κ1) is 8.11. The molecule has 0 aromatic carbocycles. The average Bonchev–Trinajstić information content (AvgIpc) is 1.85. The summed E-state index contributed by atoms with van der Waals surface area (Å²) >= 11 is 0. The van der Waals surface area contributed by atoms with Gasteiger partial charge in [-0.2, -0.15) is 0 Å². The van der Waals surface area contributed by atoms with Gasteiger partial charge < -0.3 is 0 Å². The summed E-state index contributed by atoms with van der Waals surface area (Å²) in [4.78, 5) is 3.78. The van der Waals surface area contributed by atoms with E-state index in [1.165, 1.54) is 6.20 Å². The highest BCUT2D eigenvalue weighted by atomic mass is 19.3. The zero-order valence-electron chi connectivity index (χ0n) is 6.22. The third-order valence-corrected chi connectivity index (χ3v) is 1.22. The standard InChI is InChI=1S/C8H9F2N/c1-8(9,10)6-7-4-2-3-5-11-7/h2-5H,6H2,1H3. The van der Waals surface area contributed by atoms with Crippen molar-refractivity contribution in [3.63, 3.8) is 0 Å². The lowest BCUT2D eigenvalue weighted by Crippen LogP contribution is -2.14. The second-order valence-electron chi connectivity index (χ2n) is 2.57. The van der Waals surface area contributed by atoms with Crippen LogP contribution in [0, 0.1) is 0 Å². The Morgan fingerprint density at radius 3 is 2.64 bits per heavy atom. The van der Waals surface area contributed by atoms with Crippen molar-refractivity contribution < 1.29 is 8.78 Å². The van der Waals surface area contributed by atoms with E-state index < -0.39 is 5.92 Å². The molecule has 0 atom stereocenters. The molecule has 0 aliphatic carbocycles. The molecule has 1 rings (SSSR count). The molecule has 11 heavy (non-hydrogen) atoms. The molecule has 0 unspecified atom stereocenters. The van der Waals surface area contributed by atoms with E-state index in [0.29, 0.717) is 5.69 Å². The van der Waals surface area contributed by atoms with Gasteiger partial charge in [0.2, 0.25) is 0 Å². The number of rotatable bonds is 2. The van der Waals surface area contributed by atoms with Crippen molar-refractivity contribution >= 4 is 0 Å². The van der Waals surface area contributed by atoms with Gasteiger partial charge in [-0.1, -0.05) is 6.07 Å². The fourth-order valence-corrected chi connectivity index (χ4v) is 0.821. The minimum absolute atomic E-state index is 0.284. The van der Waals surface area contributed by atoms with Gasteiger partial charge in [0.15, 0.2) is 0 Å². The quantitative estimate of drug-likeness (QED) is 0.641. The van der Waals surface area contributed by atoms with E-state index >= 15 is 0 Å². The monoisotopic (exact) mass is 157 g/mol. The smallest absolute Gasteiger partial charge is 0.250 e. The van der Waals surface area contributed by atoms with Crippen LogP contribution in [0.5, 0.6) is 0 Å². The Hall–Kier alpha value is -0.990. The molecule has 1 heterocycles. The fraction of sp³-hybridized carbons (Fsp3) is 0.375. The molecule has 0 fully saturated rings. The molecule has 0 spiro atoms. The van der Waals surface area contributed by atoms with Gasteiger partial charge in [-0.3, -0.25) is 4.98 Å². The summed E-state index contributed by atoms with van der Waals surface area (Å²) in [5.74, 6) is -2.66. The van der Waals surface area contributed by atoms with Crippen LogP contribution in [0.4, 0.5) is 8.78 Å². The van der Waals surface area contributed by atoms with Gasteiger partial charge in [0.1, 0.15) is 0 Å². The lowest BCUT2D eigenvalue weighted by atomic mass is 10.2. The first-order valence-electron chi connectivity index (χ1n) is 3.36. The van der Waals surface area contributed by atoms with Gasteiger partial charge in [-0.05, 0) is 19.1 Å². The summed E-state index contributed by atoms with van der Waals surface area (Å²) in [7, 11) is 0. The summed E-state index contributed by atoms with van der Waals surface area (Å²) in [6.07, 6.45) is 1.23. The van der Waals surface area contributed by atoms with Crippen LogP contribution in [0.1, 0.15) is 12.6 Å². The lowest BCUT2D eigenvalue weighted by Gasteiger charge is -2.07. The van der Waals surface area contributed by atoms with Crippen LogP contribution < -0.4 is 0 Å². The third kappa shape index (κ3) is 3.07. The van der Waals surface area contributed by atoms with Crippen molar-refractivity contribution in [2.45, 2.75) is 19.3 Å². The molecule has 60 valence electrons. The highest BCUT2D eigenvalue weighted by molar-refractivity contribution is 5.05. The predicted molar refractivity (Wildman–Crippen MR) is 38.6 cm³/mol. The van der Waals surface area contributed by atoms with E-state index in [1.807, 2.05) is 0 Å². The maximum atomic E-state index is 12.4. The molecule has 0 amide bonds. The SMILES string of the molecule is CC(F)(F)Cc1ccccn1. The number of pyridine rings is 1. The molecule has 0 aliphatic heterocycles. The van der Waals surface area contributed by atoms with E-state index in [9.17, 15) is 8.78 Å². The Balaban J connectivity index is 2.66. The normalized spacial score (nSPS) is 11.5. The highest BCUT2D eigenvalue weighted by Crippen LogP contribution is 2.16. The van der Waals surface area contributed by atoms with Crippen LogP contribution in [0.15, 0.2) is 24.4 Å². The molecule has 0 saturated carbocycles. The number of halogens is 2. The van der Waals surface area contributed by atoms with E-state index in [0.717, 1.165) is 6.92 Å². The van der Waals surface area contributed by atoms with Gasteiger partial charge in [0.25, 0.3) is 5.92 Å². The Morgan fingerprint density at radius 2 is 2.18 bits per heavy atom. The zero-order chi connectivity index (χ0) is 8.32. The van der Waals surface area contributed by atoms with Crippen LogP contribution in [0.2, 0.25) is 0 Å². The Morgan fingerprint density at radius 1 is 1.45 bits per heavy atom. The first-order chi connectivity index (χ1) is 5.08. The van der Waals surface area contributed by atoms with Crippen LogP contribution in [-0.4, -0.2) is 10.9 Å². The van der Waals surface area contributed by atoms with Crippen molar-refractivity contribution in [2.24, 2.45) is 0 Å². The number of alkyl halides is 2. The number of hydrogen-bond acceptors (Lipinski definition) is 1. The van der Waals surface area contributed by atoms with Gasteiger partial charge in [0, 0.05) is 11.9 Å². The summed E-state index contributed by atoms with van der Waals surface area (Å²) in [6.45, 7) is 0.891. The van der Waals surface area contributed by atoms with Crippen LogP contribution in [-0.2, 0) is 6.42 Å². The van der Waals surface area contributed by atoms with E-state index in [1.54, 1.807) is 18.2 Å². The number of nitrogens with zero attached hydrogens (tertiary/aromatic N) is 1. The summed E-state index contributed by atoms with van der Waals surface area (Å²) < 4.78 is 24.7. The maximum Gasteiger partial charge on any atom is 0.250 e. The minimum atomic E-state index is -2.66. The number of aromatic nitrogens is 1. The second-order valence-corrected chi connectivity index (χ2v) is 2.57. The molecule has 1 nitrogen and oxygen atoms in total. The third-order valence-electron chi connectivity index (χ3n) is 1.22. The molecule has 0 saturated heterocycles. The maximum absolute atomic E-state index is 12.4. The number of hydrogen-bond donors (Lipinski definition) is 0. The molecule has 0 radical (unpaired) electrons. The Labute approximate surface area is 64.1 Å². The average molecular weight is 157 g/mol. The highest BCUT2D eigenvalue weighted by Gasteiger charge is 2.21. The van der Waals surface area contributed by atoms with Crippen molar-refractivity contribution in [2.75, 3.05) is 0 Å². The molecule has 3 heteroatoms. The molecule has 0 aliphatic rings. The van der Waals surface area contributed by atoms with E-state index in [2.05, 4.69) is 4.98 Å². The summed E-state index contributed by atoms with van der Waals surface area (Å²) in [6, 6.07) is 5.00. The molecule has 0 N–H and O–H groups in total. The van der Waals surface area contributed by atoms with Crippen molar-refractivity contribution in [1.82, 2.24) is 4.98 Å². The second kappa shape index (κ2) is 2.95. The fourth-order valence-electron chi connectivity index (χ4n) is 0.821. The van der Waals surface area contributed by atoms with Gasteiger partial charge in [0.05, 0.1) is 6.42 Å². The van der Waals surface area contributed by atoms with Gasteiger partial charge in [-0.15, -0.1) is 0 Å². The molecular formula is C8H9F2N.